The maximum absolute atomic E-state index is 13.3. The Labute approximate surface area is 160 Å². The Morgan fingerprint density at radius 2 is 2.11 bits per heavy atom. The van der Waals surface area contributed by atoms with Gasteiger partial charge in [-0.05, 0) is 29.1 Å². The number of hydrogen-bond acceptors (Lipinski definition) is 5. The van der Waals surface area contributed by atoms with Crippen molar-refractivity contribution in [1.29, 1.82) is 0 Å². The van der Waals surface area contributed by atoms with Gasteiger partial charge in [0.2, 0.25) is 5.95 Å². The largest absolute Gasteiger partial charge is 0.352 e. The first-order chi connectivity index (χ1) is 13.2. The van der Waals surface area contributed by atoms with Gasteiger partial charge < -0.3 is 15.5 Å². The molecular formula is C19H18FN5OS. The number of anilines is 1. The van der Waals surface area contributed by atoms with Gasteiger partial charge >= 0.3 is 6.03 Å². The number of hydrogen-bond donors (Lipinski definition) is 2. The van der Waals surface area contributed by atoms with Gasteiger partial charge in [-0.25, -0.2) is 19.2 Å². The average molecular weight is 383 g/mol. The quantitative estimate of drug-likeness (QED) is 0.684. The number of amides is 2. The predicted molar refractivity (Wildman–Crippen MR) is 104 cm³/mol. The van der Waals surface area contributed by atoms with E-state index in [2.05, 4.69) is 20.6 Å². The first-order valence-corrected chi connectivity index (χ1v) is 9.52. The van der Waals surface area contributed by atoms with Crippen LogP contribution in [0.5, 0.6) is 0 Å². The highest BCUT2D eigenvalue weighted by molar-refractivity contribution is 7.13. The molecule has 1 aromatic carbocycles. The van der Waals surface area contributed by atoms with Gasteiger partial charge in [0.15, 0.2) is 0 Å². The fourth-order valence-corrected chi connectivity index (χ4v) is 3.66. The summed E-state index contributed by atoms with van der Waals surface area (Å²) in [7, 11) is 0. The third-order valence-corrected chi connectivity index (χ3v) is 5.19. The highest BCUT2D eigenvalue weighted by Gasteiger charge is 2.18. The van der Waals surface area contributed by atoms with Crippen molar-refractivity contribution in [3.63, 3.8) is 0 Å². The average Bonchev–Trinajstić information content (AvgIpc) is 3.35. The van der Waals surface area contributed by atoms with E-state index in [1.54, 1.807) is 34.6 Å². The van der Waals surface area contributed by atoms with Crippen molar-refractivity contribution in [3.8, 4) is 21.7 Å². The van der Waals surface area contributed by atoms with Crippen LogP contribution in [-0.4, -0.2) is 47.1 Å². The van der Waals surface area contributed by atoms with Crippen molar-refractivity contribution in [1.82, 2.24) is 20.2 Å². The molecular weight excluding hydrogens is 365 g/mol. The minimum Gasteiger partial charge on any atom is -0.352 e. The molecule has 0 bridgehead atoms. The zero-order chi connectivity index (χ0) is 18.6. The lowest BCUT2D eigenvalue weighted by Gasteiger charge is -2.15. The van der Waals surface area contributed by atoms with E-state index in [9.17, 15) is 9.18 Å². The summed E-state index contributed by atoms with van der Waals surface area (Å²) in [6.45, 7) is 2.55. The fraction of sp³-hybridized carbons (Fsp3) is 0.211. The molecule has 0 aliphatic carbocycles. The van der Waals surface area contributed by atoms with Crippen LogP contribution in [0.3, 0.4) is 0 Å². The minimum atomic E-state index is -0.276. The fourth-order valence-electron chi connectivity index (χ4n) is 2.94. The number of aromatic nitrogens is 2. The predicted octanol–water partition coefficient (Wildman–Crippen LogP) is 3.45. The van der Waals surface area contributed by atoms with E-state index in [4.69, 9.17) is 0 Å². The maximum Gasteiger partial charge on any atom is 0.317 e. The molecule has 1 fully saturated rings. The number of urea groups is 1. The van der Waals surface area contributed by atoms with E-state index >= 15 is 0 Å². The molecule has 0 unspecified atom stereocenters. The van der Waals surface area contributed by atoms with Crippen LogP contribution >= 0.6 is 11.3 Å². The molecule has 3 aromatic rings. The highest BCUT2D eigenvalue weighted by atomic mass is 32.1. The molecule has 0 radical (unpaired) electrons. The van der Waals surface area contributed by atoms with Crippen LogP contribution in [0.4, 0.5) is 15.1 Å². The topological polar surface area (TPSA) is 70.2 Å². The smallest absolute Gasteiger partial charge is 0.317 e. The minimum absolute atomic E-state index is 0.0383. The molecule has 0 spiro atoms. The molecule has 1 aliphatic rings. The van der Waals surface area contributed by atoms with Crippen LogP contribution < -0.4 is 10.6 Å². The lowest BCUT2D eigenvalue weighted by molar-refractivity contribution is 0.219. The number of carbonyl (C=O) groups excluding carboxylic acids is 1. The molecule has 0 saturated carbocycles. The van der Waals surface area contributed by atoms with Crippen LogP contribution in [0, 0.1) is 5.82 Å². The van der Waals surface area contributed by atoms with Gasteiger partial charge in [0.05, 0.1) is 10.6 Å². The molecule has 3 heterocycles. The van der Waals surface area contributed by atoms with E-state index in [0.29, 0.717) is 32.1 Å². The number of thiophene rings is 1. The van der Waals surface area contributed by atoms with Crippen molar-refractivity contribution >= 4 is 23.3 Å². The SMILES string of the molecule is O=C1NCCN1CCNc1ncc(-c2ccc(F)cc2)c(-c2cccs2)n1. The first kappa shape index (κ1) is 17.4. The number of carbonyl (C=O) groups is 1. The van der Waals surface area contributed by atoms with Gasteiger partial charge in [-0.2, -0.15) is 0 Å². The number of nitrogens with one attached hydrogen (secondary N) is 2. The molecule has 6 nitrogen and oxygen atoms in total. The van der Waals surface area contributed by atoms with E-state index in [1.807, 2.05) is 17.5 Å². The van der Waals surface area contributed by atoms with Gasteiger partial charge in [-0.15, -0.1) is 11.3 Å². The Morgan fingerprint density at radius 3 is 2.81 bits per heavy atom. The van der Waals surface area contributed by atoms with E-state index in [1.165, 1.54) is 12.1 Å². The summed E-state index contributed by atoms with van der Waals surface area (Å²) in [5.41, 5.74) is 2.51. The third-order valence-electron chi connectivity index (χ3n) is 4.31. The van der Waals surface area contributed by atoms with E-state index < -0.39 is 0 Å². The number of halogens is 1. The van der Waals surface area contributed by atoms with Gasteiger partial charge in [0.1, 0.15) is 5.82 Å². The molecule has 8 heteroatoms. The Kier molecular flexibility index (Phi) is 4.97. The molecule has 138 valence electrons. The summed E-state index contributed by atoms with van der Waals surface area (Å²) < 4.78 is 13.3. The Bertz CT molecular complexity index is 930. The molecule has 0 atom stereocenters. The van der Waals surface area contributed by atoms with Crippen LogP contribution in [0.25, 0.3) is 21.7 Å². The van der Waals surface area contributed by atoms with E-state index in [0.717, 1.165) is 21.7 Å². The van der Waals surface area contributed by atoms with Crippen molar-refractivity contribution in [2.45, 2.75) is 0 Å². The summed E-state index contributed by atoms with van der Waals surface area (Å²) >= 11 is 1.59. The lowest BCUT2D eigenvalue weighted by atomic mass is 10.0. The standard InChI is InChI=1S/C19H18FN5OS/c20-14-5-3-13(4-6-14)15-12-23-18(24-17(15)16-2-1-11-27-16)21-7-9-25-10-8-22-19(25)26/h1-6,11-12H,7-10H2,(H,22,26)(H,21,23,24). The first-order valence-electron chi connectivity index (χ1n) is 8.64. The number of rotatable bonds is 6. The Hall–Kier alpha value is -3.00. The molecule has 2 amide bonds. The Balaban J connectivity index is 1.56. The maximum atomic E-state index is 13.3. The zero-order valence-corrected chi connectivity index (χ0v) is 15.3. The highest BCUT2D eigenvalue weighted by Crippen LogP contribution is 2.33. The van der Waals surface area contributed by atoms with E-state index in [-0.39, 0.29) is 11.8 Å². The van der Waals surface area contributed by atoms with Crippen molar-refractivity contribution in [2.24, 2.45) is 0 Å². The number of nitrogens with zero attached hydrogens (tertiary/aromatic N) is 3. The van der Waals surface area contributed by atoms with Crippen LogP contribution in [-0.2, 0) is 0 Å². The lowest BCUT2D eigenvalue weighted by Crippen LogP contribution is -2.32. The molecule has 1 aliphatic heterocycles. The molecule has 1 saturated heterocycles. The van der Waals surface area contributed by atoms with Crippen molar-refractivity contribution < 1.29 is 9.18 Å². The van der Waals surface area contributed by atoms with Crippen molar-refractivity contribution in [2.75, 3.05) is 31.5 Å². The Morgan fingerprint density at radius 1 is 1.26 bits per heavy atom. The normalized spacial score (nSPS) is 13.7. The summed E-state index contributed by atoms with van der Waals surface area (Å²) in [5, 5.41) is 7.95. The van der Waals surface area contributed by atoms with Crippen molar-refractivity contribution in [3.05, 3.63) is 53.8 Å². The number of benzene rings is 1. The van der Waals surface area contributed by atoms with Gasteiger partial charge in [-0.1, -0.05) is 18.2 Å². The molecule has 2 aromatic heterocycles. The van der Waals surface area contributed by atoms with Crippen LogP contribution in [0.1, 0.15) is 0 Å². The van der Waals surface area contributed by atoms with Gasteiger partial charge in [0, 0.05) is 37.9 Å². The summed E-state index contributed by atoms with van der Waals surface area (Å²) in [4.78, 5) is 23.4. The summed E-state index contributed by atoms with van der Waals surface area (Å²) in [6.07, 6.45) is 1.75. The second kappa shape index (κ2) is 7.71. The molecule has 27 heavy (non-hydrogen) atoms. The third kappa shape index (κ3) is 3.90. The van der Waals surface area contributed by atoms with Crippen LogP contribution in [0.2, 0.25) is 0 Å². The van der Waals surface area contributed by atoms with Gasteiger partial charge in [0.25, 0.3) is 0 Å². The summed E-state index contributed by atoms with van der Waals surface area (Å²) in [6, 6.07) is 10.2. The monoisotopic (exact) mass is 383 g/mol. The van der Waals surface area contributed by atoms with Crippen LogP contribution in [0.15, 0.2) is 48.0 Å². The molecule has 4 rings (SSSR count). The zero-order valence-electron chi connectivity index (χ0n) is 14.5. The van der Waals surface area contributed by atoms with Gasteiger partial charge in [-0.3, -0.25) is 0 Å². The second-order valence-corrected chi connectivity index (χ2v) is 7.03. The summed E-state index contributed by atoms with van der Waals surface area (Å²) in [5.74, 6) is 0.227. The second-order valence-electron chi connectivity index (χ2n) is 6.09. The molecule has 2 N–H and O–H groups in total.